The number of nitrogens with zero attached hydrogens (tertiary/aromatic N) is 1. The van der Waals surface area contributed by atoms with E-state index in [-0.39, 0.29) is 4.90 Å². The van der Waals surface area contributed by atoms with E-state index in [1.54, 1.807) is 18.2 Å². The molecule has 0 aliphatic rings. The number of thiophene rings is 1. The van der Waals surface area contributed by atoms with Gasteiger partial charge < -0.3 is 0 Å². The molecule has 0 fully saturated rings. The molecule has 0 bridgehead atoms. The van der Waals surface area contributed by atoms with Crippen LogP contribution in [0.25, 0.3) is 0 Å². The molecule has 4 nitrogen and oxygen atoms in total. The molecule has 2 rings (SSSR count). The van der Waals surface area contributed by atoms with E-state index in [0.717, 1.165) is 10.4 Å². The van der Waals surface area contributed by atoms with E-state index >= 15 is 0 Å². The number of hydrazone groups is 1. The van der Waals surface area contributed by atoms with Crippen molar-refractivity contribution in [2.24, 2.45) is 5.10 Å². The molecule has 94 valence electrons. The van der Waals surface area contributed by atoms with Crippen LogP contribution in [0, 0.1) is 6.92 Å². The van der Waals surface area contributed by atoms with Gasteiger partial charge in [-0.2, -0.15) is 13.5 Å². The molecule has 0 saturated carbocycles. The Bertz CT molecular complexity index is 646. The number of benzene rings is 1. The van der Waals surface area contributed by atoms with Gasteiger partial charge in [0.05, 0.1) is 16.0 Å². The maximum absolute atomic E-state index is 11.8. The number of aryl methyl sites for hydroxylation is 1. The van der Waals surface area contributed by atoms with Crippen LogP contribution >= 0.6 is 11.3 Å². The van der Waals surface area contributed by atoms with Gasteiger partial charge in [0, 0.05) is 0 Å². The Kier molecular flexibility index (Phi) is 3.78. The first-order chi connectivity index (χ1) is 8.59. The summed E-state index contributed by atoms with van der Waals surface area (Å²) in [5.74, 6) is 0. The van der Waals surface area contributed by atoms with Crippen LogP contribution in [-0.2, 0) is 10.0 Å². The number of sulfonamides is 1. The number of hydrogen-bond acceptors (Lipinski definition) is 4. The van der Waals surface area contributed by atoms with Gasteiger partial charge in [-0.3, -0.25) is 0 Å². The van der Waals surface area contributed by atoms with Crippen LogP contribution in [0.2, 0.25) is 0 Å². The Hall–Kier alpha value is -1.66. The highest BCUT2D eigenvalue weighted by Gasteiger charge is 2.11. The summed E-state index contributed by atoms with van der Waals surface area (Å²) < 4.78 is 23.6. The zero-order valence-corrected chi connectivity index (χ0v) is 11.3. The van der Waals surface area contributed by atoms with Crippen molar-refractivity contribution in [3.05, 3.63) is 52.2 Å². The lowest BCUT2D eigenvalue weighted by Crippen LogP contribution is -2.18. The van der Waals surface area contributed by atoms with Crippen molar-refractivity contribution in [2.45, 2.75) is 11.8 Å². The van der Waals surface area contributed by atoms with Crippen LogP contribution in [0.3, 0.4) is 0 Å². The largest absolute Gasteiger partial charge is 0.276 e. The van der Waals surface area contributed by atoms with Crippen LogP contribution in [0.1, 0.15) is 10.4 Å². The summed E-state index contributed by atoms with van der Waals surface area (Å²) in [6.45, 7) is 1.95. The molecule has 6 heteroatoms. The lowest BCUT2D eigenvalue weighted by molar-refractivity contribution is 0.584. The molecule has 0 aliphatic carbocycles. The second kappa shape index (κ2) is 5.32. The predicted molar refractivity (Wildman–Crippen MR) is 73.4 cm³/mol. The molecule has 0 aliphatic heterocycles. The lowest BCUT2D eigenvalue weighted by atomic mass is 10.3. The SMILES string of the molecule is Cc1ccsc1/C=N\NS(=O)(=O)c1ccccc1. The summed E-state index contributed by atoms with van der Waals surface area (Å²) in [7, 11) is -3.57. The summed E-state index contributed by atoms with van der Waals surface area (Å²) in [5.41, 5.74) is 1.07. The molecule has 1 aromatic carbocycles. The van der Waals surface area contributed by atoms with Crippen LogP contribution in [0.5, 0.6) is 0 Å². The van der Waals surface area contributed by atoms with Gasteiger partial charge in [0.15, 0.2) is 0 Å². The van der Waals surface area contributed by atoms with Gasteiger partial charge in [-0.05, 0) is 36.1 Å². The van der Waals surface area contributed by atoms with Crippen molar-refractivity contribution in [1.82, 2.24) is 4.83 Å². The molecule has 0 radical (unpaired) electrons. The number of rotatable bonds is 4. The average molecular weight is 280 g/mol. The fourth-order valence-corrected chi connectivity index (χ4v) is 2.92. The maximum Gasteiger partial charge on any atom is 0.276 e. The second-order valence-corrected chi connectivity index (χ2v) is 6.24. The summed E-state index contributed by atoms with van der Waals surface area (Å²) in [6.07, 6.45) is 1.51. The van der Waals surface area contributed by atoms with E-state index in [4.69, 9.17) is 0 Å². The quantitative estimate of drug-likeness (QED) is 0.690. The minimum absolute atomic E-state index is 0.199. The highest BCUT2D eigenvalue weighted by molar-refractivity contribution is 7.89. The van der Waals surface area contributed by atoms with Crippen molar-refractivity contribution in [3.63, 3.8) is 0 Å². The Morgan fingerprint density at radius 1 is 1.22 bits per heavy atom. The topological polar surface area (TPSA) is 58.5 Å². The summed E-state index contributed by atoms with van der Waals surface area (Å²) in [6, 6.07) is 10.1. The standard InChI is InChI=1S/C12H12N2O2S2/c1-10-7-8-17-12(10)9-13-14-18(15,16)11-5-3-2-4-6-11/h2-9,14H,1H3/b13-9-. The smallest absolute Gasteiger partial charge is 0.200 e. The third-order valence-electron chi connectivity index (χ3n) is 2.31. The monoisotopic (exact) mass is 280 g/mol. The molecule has 2 aromatic rings. The molecule has 0 amide bonds. The van der Waals surface area contributed by atoms with Crippen LogP contribution in [-0.4, -0.2) is 14.6 Å². The Morgan fingerprint density at radius 3 is 2.56 bits per heavy atom. The van der Waals surface area contributed by atoms with Gasteiger partial charge in [-0.1, -0.05) is 18.2 Å². The number of nitrogens with one attached hydrogen (secondary N) is 1. The van der Waals surface area contributed by atoms with Gasteiger partial charge in [-0.15, -0.1) is 11.3 Å². The van der Waals surface area contributed by atoms with Gasteiger partial charge in [-0.25, -0.2) is 4.83 Å². The normalized spacial score (nSPS) is 11.8. The molecule has 1 N–H and O–H groups in total. The predicted octanol–water partition coefficient (Wildman–Crippen LogP) is 2.37. The molecule has 18 heavy (non-hydrogen) atoms. The van der Waals surface area contributed by atoms with E-state index in [1.165, 1.54) is 29.7 Å². The van der Waals surface area contributed by atoms with Crippen LogP contribution in [0.15, 0.2) is 51.8 Å². The Balaban J connectivity index is 2.11. The maximum atomic E-state index is 11.8. The highest BCUT2D eigenvalue weighted by Crippen LogP contribution is 2.12. The number of hydrogen-bond donors (Lipinski definition) is 1. The van der Waals surface area contributed by atoms with Crippen LogP contribution < -0.4 is 4.83 Å². The highest BCUT2D eigenvalue weighted by atomic mass is 32.2. The van der Waals surface area contributed by atoms with Gasteiger partial charge in [0.2, 0.25) is 0 Å². The average Bonchev–Trinajstić information content (AvgIpc) is 2.76. The molecule has 1 heterocycles. The van der Waals surface area contributed by atoms with Gasteiger partial charge in [0.1, 0.15) is 0 Å². The third-order valence-corrected chi connectivity index (χ3v) is 4.50. The minimum Gasteiger partial charge on any atom is -0.200 e. The van der Waals surface area contributed by atoms with Crippen molar-refractivity contribution in [2.75, 3.05) is 0 Å². The van der Waals surface area contributed by atoms with Crippen LogP contribution in [0.4, 0.5) is 0 Å². The first-order valence-corrected chi connectivity index (χ1v) is 7.60. The van der Waals surface area contributed by atoms with E-state index in [0.29, 0.717) is 0 Å². The molecule has 0 unspecified atom stereocenters. The minimum atomic E-state index is -3.57. The van der Waals surface area contributed by atoms with Crippen molar-refractivity contribution in [1.29, 1.82) is 0 Å². The molecular formula is C12H12N2O2S2. The van der Waals surface area contributed by atoms with Crippen molar-refractivity contribution in [3.8, 4) is 0 Å². The zero-order chi connectivity index (χ0) is 13.0. The van der Waals surface area contributed by atoms with E-state index in [1.807, 2.05) is 18.4 Å². The van der Waals surface area contributed by atoms with Gasteiger partial charge in [0.25, 0.3) is 10.0 Å². The lowest BCUT2D eigenvalue weighted by Gasteiger charge is -2.01. The molecule has 0 spiro atoms. The fraction of sp³-hybridized carbons (Fsp3) is 0.0833. The first-order valence-electron chi connectivity index (χ1n) is 5.23. The Labute approximate surface area is 110 Å². The summed E-state index contributed by atoms with van der Waals surface area (Å²) >= 11 is 1.51. The first kappa shape index (κ1) is 12.8. The molecule has 1 aromatic heterocycles. The van der Waals surface area contributed by atoms with Crippen molar-refractivity contribution < 1.29 is 8.42 Å². The van der Waals surface area contributed by atoms with E-state index in [9.17, 15) is 8.42 Å². The van der Waals surface area contributed by atoms with Gasteiger partial charge >= 0.3 is 0 Å². The van der Waals surface area contributed by atoms with E-state index < -0.39 is 10.0 Å². The molecular weight excluding hydrogens is 268 g/mol. The summed E-state index contributed by atoms with van der Waals surface area (Å²) in [5, 5.41) is 5.70. The van der Waals surface area contributed by atoms with E-state index in [2.05, 4.69) is 9.93 Å². The zero-order valence-electron chi connectivity index (χ0n) is 9.70. The Morgan fingerprint density at radius 2 is 1.94 bits per heavy atom. The fourth-order valence-electron chi connectivity index (χ4n) is 1.32. The van der Waals surface area contributed by atoms with Crippen molar-refractivity contribution >= 4 is 27.6 Å². The third kappa shape index (κ3) is 2.96. The second-order valence-electron chi connectivity index (χ2n) is 3.63. The molecule has 0 atom stereocenters. The molecule has 0 saturated heterocycles. The summed E-state index contributed by atoms with van der Waals surface area (Å²) in [4.78, 5) is 3.32.